The Morgan fingerprint density at radius 3 is 2.56 bits per heavy atom. The van der Waals surface area contributed by atoms with Gasteiger partial charge in [0.15, 0.2) is 5.03 Å². The van der Waals surface area contributed by atoms with Crippen molar-refractivity contribution in [1.29, 1.82) is 0 Å². The molecule has 0 bridgehead atoms. The molecule has 16 heavy (non-hydrogen) atoms. The van der Waals surface area contributed by atoms with Crippen LogP contribution in [0.5, 0.6) is 5.75 Å². The highest BCUT2D eigenvalue weighted by atomic mass is 79.9. The maximum Gasteiger partial charge on any atom is 0.321 e. The lowest BCUT2D eigenvalue weighted by Gasteiger charge is -2.06. The molecule has 1 aliphatic heterocycles. The molecule has 0 unspecified atom stereocenters. The number of benzene rings is 1. The number of ether oxygens (including phenoxy) is 1. The fourth-order valence-electron chi connectivity index (χ4n) is 1.06. The van der Waals surface area contributed by atoms with E-state index < -0.39 is 15.1 Å². The number of aliphatic imine (C=N–C) groups is 1. The summed E-state index contributed by atoms with van der Waals surface area (Å²) in [4.78, 5) is 3.60. The van der Waals surface area contributed by atoms with E-state index >= 15 is 0 Å². The van der Waals surface area contributed by atoms with E-state index in [9.17, 15) is 8.42 Å². The summed E-state index contributed by atoms with van der Waals surface area (Å²) in [6.07, 6.45) is 1.06. The van der Waals surface area contributed by atoms with Gasteiger partial charge in [0.25, 0.3) is 9.84 Å². The van der Waals surface area contributed by atoms with Crippen molar-refractivity contribution in [3.63, 3.8) is 0 Å². The minimum absolute atomic E-state index is 0.311. The lowest BCUT2D eigenvalue weighted by molar-refractivity contribution is 0.546. The van der Waals surface area contributed by atoms with Gasteiger partial charge in [0, 0.05) is 0 Å². The predicted molar refractivity (Wildman–Crippen MR) is 63.4 cm³/mol. The summed E-state index contributed by atoms with van der Waals surface area (Å²) >= 11 is 3.23. The molecule has 0 saturated heterocycles. The largest absolute Gasteiger partial charge is 0.429 e. The zero-order valence-corrected chi connectivity index (χ0v) is 10.3. The molecular formula is C9H7BrN2O3S. The number of hydrogen-bond donors (Lipinski definition) is 1. The Hall–Kier alpha value is -1.34. The summed E-state index contributed by atoms with van der Waals surface area (Å²) in [6.45, 7) is 0. The topological polar surface area (TPSA) is 81.8 Å². The third-order valence-electron chi connectivity index (χ3n) is 1.87. The van der Waals surface area contributed by atoms with Crippen molar-refractivity contribution >= 4 is 31.0 Å². The Kier molecular flexibility index (Phi) is 2.73. The quantitative estimate of drug-likeness (QED) is 0.849. The molecule has 0 atom stereocenters. The number of nitrogens with zero attached hydrogens (tertiary/aromatic N) is 1. The van der Waals surface area contributed by atoms with Crippen molar-refractivity contribution in [2.24, 2.45) is 10.7 Å². The maximum atomic E-state index is 11.5. The third kappa shape index (κ3) is 1.83. The van der Waals surface area contributed by atoms with Crippen LogP contribution in [0.3, 0.4) is 0 Å². The SMILES string of the molecule is NC1=CN=C(Oc2ccccc2Br)S1(=O)=O. The highest BCUT2D eigenvalue weighted by Crippen LogP contribution is 2.26. The average Bonchev–Trinajstić information content (AvgIpc) is 2.48. The molecule has 1 aromatic carbocycles. The Morgan fingerprint density at radius 2 is 2.00 bits per heavy atom. The van der Waals surface area contributed by atoms with Crippen LogP contribution >= 0.6 is 15.9 Å². The van der Waals surface area contributed by atoms with E-state index in [-0.39, 0.29) is 5.03 Å². The summed E-state index contributed by atoms with van der Waals surface area (Å²) in [6, 6.07) is 6.86. The number of hydrogen-bond acceptors (Lipinski definition) is 5. The van der Waals surface area contributed by atoms with Gasteiger partial charge in [-0.1, -0.05) is 12.1 Å². The lowest BCUT2D eigenvalue weighted by Crippen LogP contribution is -2.22. The van der Waals surface area contributed by atoms with Gasteiger partial charge in [0.05, 0.1) is 10.7 Å². The summed E-state index contributed by atoms with van der Waals surface area (Å²) in [5, 5.41) is -0.716. The lowest BCUT2D eigenvalue weighted by atomic mass is 10.3. The van der Waals surface area contributed by atoms with Crippen LogP contribution in [0.25, 0.3) is 0 Å². The minimum atomic E-state index is -3.73. The number of nitrogens with two attached hydrogens (primary N) is 1. The molecule has 0 saturated carbocycles. The normalized spacial score (nSPS) is 17.8. The molecule has 2 N–H and O–H groups in total. The zero-order chi connectivity index (χ0) is 11.8. The number of rotatable bonds is 1. The van der Waals surface area contributed by atoms with Gasteiger partial charge in [-0.2, -0.15) is 0 Å². The first-order valence-corrected chi connectivity index (χ1v) is 6.50. The van der Waals surface area contributed by atoms with Gasteiger partial charge in [-0.3, -0.25) is 0 Å². The summed E-state index contributed by atoms with van der Waals surface area (Å²) in [7, 11) is -3.73. The Balaban J connectivity index is 2.30. The second-order valence-electron chi connectivity index (χ2n) is 2.96. The molecule has 84 valence electrons. The molecule has 0 spiro atoms. The van der Waals surface area contributed by atoms with Gasteiger partial charge in [0.1, 0.15) is 5.75 Å². The van der Waals surface area contributed by atoms with Crippen LogP contribution in [0, 0.1) is 0 Å². The van der Waals surface area contributed by atoms with Crippen LogP contribution in [0.15, 0.2) is 45.0 Å². The second-order valence-corrected chi connectivity index (χ2v) is 5.64. The predicted octanol–water partition coefficient (Wildman–Crippen LogP) is 1.37. The van der Waals surface area contributed by atoms with Crippen LogP contribution in [-0.2, 0) is 9.84 Å². The fraction of sp³-hybridized carbons (Fsp3) is 0. The first-order chi connectivity index (χ1) is 7.51. The van der Waals surface area contributed by atoms with E-state index in [0.29, 0.717) is 10.2 Å². The van der Waals surface area contributed by atoms with Crippen LogP contribution in [0.2, 0.25) is 0 Å². The molecule has 1 aromatic rings. The van der Waals surface area contributed by atoms with Gasteiger partial charge in [-0.25, -0.2) is 13.4 Å². The van der Waals surface area contributed by atoms with Crippen molar-refractivity contribution in [3.05, 3.63) is 40.0 Å². The Labute approximate surface area is 101 Å². The van der Waals surface area contributed by atoms with Crippen molar-refractivity contribution in [3.8, 4) is 5.75 Å². The summed E-state index contributed by atoms with van der Waals surface area (Å²) < 4.78 is 28.9. The van der Waals surface area contributed by atoms with Gasteiger partial charge in [-0.05, 0) is 28.1 Å². The monoisotopic (exact) mass is 302 g/mol. The molecule has 0 aromatic heterocycles. The summed E-state index contributed by atoms with van der Waals surface area (Å²) in [5.74, 6) is 0.368. The van der Waals surface area contributed by atoms with Crippen molar-refractivity contribution in [2.45, 2.75) is 0 Å². The van der Waals surface area contributed by atoms with Gasteiger partial charge in [-0.15, -0.1) is 0 Å². The van der Waals surface area contributed by atoms with E-state index in [0.717, 1.165) is 6.20 Å². The fourth-order valence-corrected chi connectivity index (χ4v) is 2.21. The first-order valence-electron chi connectivity index (χ1n) is 4.23. The average molecular weight is 303 g/mol. The molecule has 2 rings (SSSR count). The minimum Gasteiger partial charge on any atom is -0.429 e. The molecule has 0 fully saturated rings. The van der Waals surface area contributed by atoms with Crippen molar-refractivity contribution in [1.82, 2.24) is 0 Å². The number of sulfone groups is 1. The Bertz CT molecular complexity index is 593. The van der Waals surface area contributed by atoms with E-state index in [1.807, 2.05) is 0 Å². The van der Waals surface area contributed by atoms with Crippen molar-refractivity contribution < 1.29 is 13.2 Å². The highest BCUT2D eigenvalue weighted by Gasteiger charge is 2.30. The first kappa shape index (κ1) is 11.2. The molecule has 0 aliphatic carbocycles. The van der Waals surface area contributed by atoms with Crippen LogP contribution < -0.4 is 10.5 Å². The molecule has 7 heteroatoms. The zero-order valence-electron chi connectivity index (χ0n) is 7.92. The molecular weight excluding hydrogens is 296 g/mol. The molecule has 0 radical (unpaired) electrons. The second kappa shape index (κ2) is 3.91. The third-order valence-corrected chi connectivity index (χ3v) is 3.90. The van der Waals surface area contributed by atoms with Gasteiger partial charge >= 0.3 is 5.23 Å². The van der Waals surface area contributed by atoms with Gasteiger partial charge < -0.3 is 10.5 Å². The number of halogens is 1. The van der Waals surface area contributed by atoms with Crippen LogP contribution in [-0.4, -0.2) is 13.6 Å². The summed E-state index contributed by atoms with van der Waals surface area (Å²) in [5.41, 5.74) is 5.26. The van der Waals surface area contributed by atoms with Crippen LogP contribution in [0.1, 0.15) is 0 Å². The van der Waals surface area contributed by atoms with E-state index in [4.69, 9.17) is 10.5 Å². The highest BCUT2D eigenvalue weighted by molar-refractivity contribution is 9.10. The maximum absolute atomic E-state index is 11.5. The number of para-hydroxylation sites is 1. The Morgan fingerprint density at radius 1 is 1.31 bits per heavy atom. The smallest absolute Gasteiger partial charge is 0.321 e. The van der Waals surface area contributed by atoms with E-state index in [1.165, 1.54) is 0 Å². The van der Waals surface area contributed by atoms with Crippen LogP contribution in [0.4, 0.5) is 0 Å². The van der Waals surface area contributed by atoms with Gasteiger partial charge in [0.2, 0.25) is 0 Å². The molecule has 1 aliphatic rings. The standard InChI is InChI=1S/C9H7BrN2O3S/c10-6-3-1-2-4-7(6)15-9-12-5-8(11)16(9,13)14/h1-5H,11H2. The van der Waals surface area contributed by atoms with E-state index in [2.05, 4.69) is 20.9 Å². The van der Waals surface area contributed by atoms with Crippen molar-refractivity contribution in [2.75, 3.05) is 0 Å². The molecule has 1 heterocycles. The molecule has 0 amide bonds. The molecule has 5 nitrogen and oxygen atoms in total. The van der Waals surface area contributed by atoms with E-state index in [1.54, 1.807) is 24.3 Å².